The van der Waals surface area contributed by atoms with E-state index in [4.69, 9.17) is 10.2 Å². The Morgan fingerprint density at radius 1 is 1.59 bits per heavy atom. The number of hydrogen-bond donors (Lipinski definition) is 1. The van der Waals surface area contributed by atoms with Crippen molar-refractivity contribution in [1.29, 1.82) is 0 Å². The average molecular weight is 236 g/mol. The van der Waals surface area contributed by atoms with E-state index in [0.29, 0.717) is 12.1 Å². The van der Waals surface area contributed by atoms with Gasteiger partial charge in [-0.2, -0.15) is 0 Å². The Kier molecular flexibility index (Phi) is 3.59. The van der Waals surface area contributed by atoms with E-state index in [0.717, 1.165) is 31.7 Å². The first-order chi connectivity index (χ1) is 7.99. The van der Waals surface area contributed by atoms with Gasteiger partial charge < -0.3 is 10.2 Å². The molecule has 1 saturated heterocycles. The highest BCUT2D eigenvalue weighted by Crippen LogP contribution is 2.29. The average Bonchev–Trinajstić information content (AvgIpc) is 2.74. The van der Waals surface area contributed by atoms with Crippen molar-refractivity contribution in [3.63, 3.8) is 0 Å². The molecule has 96 valence electrons. The van der Waals surface area contributed by atoms with Crippen LogP contribution >= 0.6 is 0 Å². The number of likely N-dealkylation sites (tertiary alicyclic amines) is 1. The summed E-state index contributed by atoms with van der Waals surface area (Å²) in [6, 6.07) is 4.86. The molecule has 0 spiro atoms. The summed E-state index contributed by atoms with van der Waals surface area (Å²) in [5.41, 5.74) is 6.38. The zero-order valence-corrected chi connectivity index (χ0v) is 11.1. The maximum Gasteiger partial charge on any atom is 0.105 e. The zero-order chi connectivity index (χ0) is 12.5. The van der Waals surface area contributed by atoms with Crippen LogP contribution in [0.1, 0.15) is 33.0 Å². The molecule has 0 aromatic carbocycles. The van der Waals surface area contributed by atoms with Crippen molar-refractivity contribution >= 4 is 0 Å². The van der Waals surface area contributed by atoms with Gasteiger partial charge in [0.05, 0.1) is 6.26 Å². The zero-order valence-electron chi connectivity index (χ0n) is 11.1. The number of rotatable bonds is 3. The van der Waals surface area contributed by atoms with Gasteiger partial charge in [-0.3, -0.25) is 4.90 Å². The standard InChI is InChI=1S/C14H24N2O/c1-11(9-12-5-4-8-17-12)16-7-6-13(15)14(2,3)10-16/h4-5,8,11,13H,6-7,9-10,15H2,1-3H3. The molecule has 17 heavy (non-hydrogen) atoms. The van der Waals surface area contributed by atoms with E-state index in [2.05, 4.69) is 31.7 Å². The number of furan rings is 1. The monoisotopic (exact) mass is 236 g/mol. The van der Waals surface area contributed by atoms with Crippen LogP contribution in [0.4, 0.5) is 0 Å². The molecule has 1 aromatic rings. The minimum absolute atomic E-state index is 0.218. The fourth-order valence-electron chi connectivity index (χ4n) is 2.64. The quantitative estimate of drug-likeness (QED) is 0.875. The van der Waals surface area contributed by atoms with Crippen LogP contribution in [0, 0.1) is 5.41 Å². The molecule has 0 amide bonds. The first-order valence-electron chi connectivity index (χ1n) is 6.51. The van der Waals surface area contributed by atoms with Crippen molar-refractivity contribution in [2.45, 2.75) is 45.7 Å². The van der Waals surface area contributed by atoms with Crippen molar-refractivity contribution in [1.82, 2.24) is 4.90 Å². The van der Waals surface area contributed by atoms with Crippen LogP contribution in [0.15, 0.2) is 22.8 Å². The molecule has 1 fully saturated rings. The van der Waals surface area contributed by atoms with Crippen LogP contribution in [0.2, 0.25) is 0 Å². The summed E-state index contributed by atoms with van der Waals surface area (Å²) in [5, 5.41) is 0. The summed E-state index contributed by atoms with van der Waals surface area (Å²) in [5.74, 6) is 1.07. The van der Waals surface area contributed by atoms with E-state index in [-0.39, 0.29) is 5.41 Å². The highest BCUT2D eigenvalue weighted by Gasteiger charge is 2.35. The van der Waals surface area contributed by atoms with Crippen molar-refractivity contribution < 1.29 is 4.42 Å². The second-order valence-corrected chi connectivity index (χ2v) is 5.99. The van der Waals surface area contributed by atoms with Gasteiger partial charge in [0.25, 0.3) is 0 Å². The molecule has 1 aliphatic rings. The second-order valence-electron chi connectivity index (χ2n) is 5.99. The van der Waals surface area contributed by atoms with Gasteiger partial charge in [0.2, 0.25) is 0 Å². The number of nitrogens with zero attached hydrogens (tertiary/aromatic N) is 1. The van der Waals surface area contributed by atoms with E-state index >= 15 is 0 Å². The van der Waals surface area contributed by atoms with Gasteiger partial charge in [0.1, 0.15) is 5.76 Å². The molecular weight excluding hydrogens is 212 g/mol. The second kappa shape index (κ2) is 4.83. The molecule has 1 aromatic heterocycles. The lowest BCUT2D eigenvalue weighted by Gasteiger charge is -2.45. The molecule has 2 unspecified atom stereocenters. The van der Waals surface area contributed by atoms with E-state index in [1.165, 1.54) is 0 Å². The van der Waals surface area contributed by atoms with Crippen molar-refractivity contribution in [2.75, 3.05) is 13.1 Å². The minimum atomic E-state index is 0.218. The highest BCUT2D eigenvalue weighted by molar-refractivity contribution is 5.01. The van der Waals surface area contributed by atoms with Crippen molar-refractivity contribution in [2.24, 2.45) is 11.1 Å². The summed E-state index contributed by atoms with van der Waals surface area (Å²) >= 11 is 0. The molecule has 2 atom stereocenters. The summed E-state index contributed by atoms with van der Waals surface area (Å²) in [6.07, 6.45) is 3.83. The third kappa shape index (κ3) is 2.90. The van der Waals surface area contributed by atoms with Gasteiger partial charge >= 0.3 is 0 Å². The lowest BCUT2D eigenvalue weighted by atomic mass is 9.79. The van der Waals surface area contributed by atoms with Crippen LogP contribution in [0.3, 0.4) is 0 Å². The predicted octanol–water partition coefficient (Wildman–Crippen LogP) is 2.27. The molecule has 3 nitrogen and oxygen atoms in total. The van der Waals surface area contributed by atoms with Gasteiger partial charge in [-0.25, -0.2) is 0 Å². The first-order valence-corrected chi connectivity index (χ1v) is 6.51. The number of hydrogen-bond acceptors (Lipinski definition) is 3. The lowest BCUT2D eigenvalue weighted by Crippen LogP contribution is -2.54. The fraction of sp³-hybridized carbons (Fsp3) is 0.714. The summed E-state index contributed by atoms with van der Waals surface area (Å²) in [7, 11) is 0. The highest BCUT2D eigenvalue weighted by atomic mass is 16.3. The Balaban J connectivity index is 1.94. The Morgan fingerprint density at radius 3 is 2.94 bits per heavy atom. The van der Waals surface area contributed by atoms with Crippen LogP contribution in [-0.4, -0.2) is 30.1 Å². The molecule has 0 radical (unpaired) electrons. The van der Waals surface area contributed by atoms with Crippen molar-refractivity contribution in [3.8, 4) is 0 Å². The molecule has 1 aliphatic heterocycles. The van der Waals surface area contributed by atoms with Gasteiger partial charge in [-0.15, -0.1) is 0 Å². The van der Waals surface area contributed by atoms with E-state index < -0.39 is 0 Å². The normalized spacial score (nSPS) is 26.9. The first kappa shape index (κ1) is 12.7. The topological polar surface area (TPSA) is 42.4 Å². The summed E-state index contributed by atoms with van der Waals surface area (Å²) < 4.78 is 5.42. The number of piperidine rings is 1. The maximum atomic E-state index is 6.17. The molecular formula is C14H24N2O. The summed E-state index contributed by atoms with van der Waals surface area (Å²) in [6.45, 7) is 8.99. The van der Waals surface area contributed by atoms with E-state index in [1.807, 2.05) is 6.07 Å². The van der Waals surface area contributed by atoms with E-state index in [1.54, 1.807) is 6.26 Å². The van der Waals surface area contributed by atoms with Crippen LogP contribution in [0.5, 0.6) is 0 Å². The van der Waals surface area contributed by atoms with Crippen molar-refractivity contribution in [3.05, 3.63) is 24.2 Å². The Morgan fingerprint density at radius 2 is 2.35 bits per heavy atom. The van der Waals surface area contributed by atoms with Gasteiger partial charge in [0.15, 0.2) is 0 Å². The SMILES string of the molecule is CC(Cc1ccco1)N1CCC(N)C(C)(C)C1. The molecule has 0 bridgehead atoms. The third-order valence-electron chi connectivity index (χ3n) is 4.04. The van der Waals surface area contributed by atoms with Crippen LogP contribution < -0.4 is 5.73 Å². The Labute approximate surface area is 104 Å². The molecule has 3 heteroatoms. The fourth-order valence-corrected chi connectivity index (χ4v) is 2.64. The smallest absolute Gasteiger partial charge is 0.105 e. The van der Waals surface area contributed by atoms with Gasteiger partial charge in [0, 0.05) is 25.0 Å². The molecule has 0 aliphatic carbocycles. The maximum absolute atomic E-state index is 6.17. The van der Waals surface area contributed by atoms with Crippen LogP contribution in [-0.2, 0) is 6.42 Å². The third-order valence-corrected chi connectivity index (χ3v) is 4.04. The Hall–Kier alpha value is -0.800. The van der Waals surface area contributed by atoms with Crippen LogP contribution in [0.25, 0.3) is 0 Å². The summed E-state index contributed by atoms with van der Waals surface area (Å²) in [4.78, 5) is 2.53. The lowest BCUT2D eigenvalue weighted by molar-refractivity contribution is 0.0650. The minimum Gasteiger partial charge on any atom is -0.469 e. The van der Waals surface area contributed by atoms with Gasteiger partial charge in [-0.05, 0) is 37.4 Å². The molecule has 2 rings (SSSR count). The molecule has 2 N–H and O–H groups in total. The molecule has 0 saturated carbocycles. The Bertz CT molecular complexity index is 345. The van der Waals surface area contributed by atoms with Gasteiger partial charge in [-0.1, -0.05) is 13.8 Å². The largest absolute Gasteiger partial charge is 0.469 e. The molecule has 2 heterocycles. The number of nitrogens with two attached hydrogens (primary N) is 1. The predicted molar refractivity (Wildman–Crippen MR) is 69.8 cm³/mol. The van der Waals surface area contributed by atoms with E-state index in [9.17, 15) is 0 Å².